The molecule has 5 amide bonds. The first-order valence-electron chi connectivity index (χ1n) is 23.1. The van der Waals surface area contributed by atoms with Gasteiger partial charge < -0.3 is 16.0 Å². The van der Waals surface area contributed by atoms with E-state index in [-0.39, 0.29) is 70.5 Å². The monoisotopic (exact) mass is 1150 g/mol. The Kier molecular flexibility index (Phi) is 32.4. The van der Waals surface area contributed by atoms with Crippen molar-refractivity contribution in [1.82, 2.24) is 0 Å². The van der Waals surface area contributed by atoms with Gasteiger partial charge in [0.25, 0.3) is 46.9 Å². The van der Waals surface area contributed by atoms with Crippen molar-refractivity contribution in [3.05, 3.63) is 149 Å². The number of para-hydroxylation sites is 5. The molecule has 0 aliphatic carbocycles. The van der Waals surface area contributed by atoms with Gasteiger partial charge in [-0.3, -0.25) is 67.7 Å². The third-order valence-corrected chi connectivity index (χ3v) is 9.93. The largest absolute Gasteiger partial charge is 0.320 e. The standard InChI is InChI=1S/C11H9ClN2O2.C10H6ClNO3.C9H8N2O.2C8H5NO2.2C5H12.5CH4.B/c1-13-10-7-4-2-3-5-8(7)14(11(10)16)6-9(12)15;11-8(13)5-12-7-4-2-1-3-6(7)9(14)10(12)15;1-10-8-6-4-2-3-5-7(6)11-9(8)12;2*10-7-5-3-1-2-4-6(5)9-8(7)11;2*1-5(2,3)4;;;;;;/h2-5H,6H2,1H3;1-4H,5H2;2-5H,1H3,(H,10,11,12);2*1-4H,(H,9,10,11);2*1-4H3;5*1H4;. The smallest absolute Gasteiger partial charge is 0.299 e. The van der Waals surface area contributed by atoms with Crippen LogP contribution in [-0.2, 0) is 33.6 Å². The van der Waals surface area contributed by atoms with Gasteiger partial charge in [0, 0.05) is 33.6 Å². The molecule has 0 saturated carbocycles. The van der Waals surface area contributed by atoms with Gasteiger partial charge in [-0.2, -0.15) is 0 Å². The number of fused-ring (bicyclic) bond motifs is 5. The number of anilines is 5. The Morgan fingerprint density at radius 3 is 1.05 bits per heavy atom. The fourth-order valence-corrected chi connectivity index (χ4v) is 7.04. The molecule has 0 unspecified atom stereocenters. The Balaban J connectivity index is -0.000000890. The van der Waals surface area contributed by atoms with Crippen LogP contribution in [0.4, 0.5) is 28.4 Å². The van der Waals surface area contributed by atoms with Crippen LogP contribution >= 0.6 is 23.2 Å². The number of benzene rings is 5. The molecule has 5 aromatic rings. The van der Waals surface area contributed by atoms with Gasteiger partial charge in [0.1, 0.15) is 24.5 Å². The molecule has 0 fully saturated rings. The van der Waals surface area contributed by atoms with Crippen LogP contribution in [0.25, 0.3) is 0 Å². The van der Waals surface area contributed by atoms with Crippen LogP contribution < -0.4 is 25.8 Å². The quantitative estimate of drug-likeness (QED) is 0.0874. The summed E-state index contributed by atoms with van der Waals surface area (Å²) in [6, 6.07) is 34.9. The van der Waals surface area contributed by atoms with E-state index in [4.69, 9.17) is 23.2 Å². The second-order valence-electron chi connectivity index (χ2n) is 19.7. The lowest BCUT2D eigenvalue weighted by Crippen LogP contribution is -2.33. The molecule has 0 aromatic heterocycles. The van der Waals surface area contributed by atoms with Gasteiger partial charge in [0.05, 0.1) is 45.1 Å². The summed E-state index contributed by atoms with van der Waals surface area (Å²) >= 11 is 10.5. The normalized spacial score (nSPS) is 14.0. The van der Waals surface area contributed by atoms with Crippen LogP contribution in [0.2, 0.25) is 0 Å². The molecular formula is C61H77BCl2N7O10. The van der Waals surface area contributed by atoms with E-state index in [1.807, 2.05) is 30.3 Å². The van der Waals surface area contributed by atoms with Gasteiger partial charge in [-0.05, 0) is 82.6 Å². The molecule has 0 spiro atoms. The summed E-state index contributed by atoms with van der Waals surface area (Å²) in [6.07, 6.45) is 0. The molecule has 0 bridgehead atoms. The summed E-state index contributed by atoms with van der Waals surface area (Å²) in [4.78, 5) is 121. The number of carbonyl (C=O) groups excluding carboxylic acids is 10. The first-order valence-corrected chi connectivity index (χ1v) is 23.9. The maximum atomic E-state index is 11.9. The number of ketones is 3. The number of amides is 5. The van der Waals surface area contributed by atoms with Crippen molar-refractivity contribution in [2.75, 3.05) is 52.9 Å². The first kappa shape index (κ1) is 77.0. The van der Waals surface area contributed by atoms with Crippen molar-refractivity contribution < 1.29 is 47.9 Å². The average Bonchev–Trinajstić information content (AvgIpc) is 4.07. The lowest BCUT2D eigenvalue weighted by atomic mass is 10.0. The van der Waals surface area contributed by atoms with Gasteiger partial charge in [0.15, 0.2) is 0 Å². The number of carbonyl (C=O) groups is 10. The highest BCUT2D eigenvalue weighted by Gasteiger charge is 2.36. The molecule has 20 heteroatoms. The highest BCUT2D eigenvalue weighted by Crippen LogP contribution is 2.30. The van der Waals surface area contributed by atoms with E-state index >= 15 is 0 Å². The lowest BCUT2D eigenvalue weighted by Gasteiger charge is -2.13. The van der Waals surface area contributed by atoms with Gasteiger partial charge in [-0.25, -0.2) is 0 Å². The maximum absolute atomic E-state index is 11.9. The van der Waals surface area contributed by atoms with Gasteiger partial charge in [-0.15, -0.1) is 0 Å². The van der Waals surface area contributed by atoms with Crippen LogP contribution in [0, 0.1) is 10.8 Å². The summed E-state index contributed by atoms with van der Waals surface area (Å²) < 4.78 is 0. The van der Waals surface area contributed by atoms with Crippen molar-refractivity contribution in [3.8, 4) is 0 Å². The van der Waals surface area contributed by atoms with Gasteiger partial charge in [-0.1, -0.05) is 165 Å². The molecule has 0 saturated heterocycles. The molecule has 3 N–H and O–H groups in total. The number of nitrogens with one attached hydrogen (secondary N) is 3. The second kappa shape index (κ2) is 34.0. The highest BCUT2D eigenvalue weighted by molar-refractivity contribution is 6.66. The van der Waals surface area contributed by atoms with Crippen molar-refractivity contribution in [1.29, 1.82) is 0 Å². The minimum atomic E-state index is -0.704. The van der Waals surface area contributed by atoms with Gasteiger partial charge >= 0.3 is 0 Å². The number of nitrogens with zero attached hydrogens (tertiary/aromatic N) is 4. The summed E-state index contributed by atoms with van der Waals surface area (Å²) in [7, 11) is 3.17. The topological polar surface area (TPSA) is 238 Å². The predicted octanol–water partition coefficient (Wildman–Crippen LogP) is 11.8. The Morgan fingerprint density at radius 2 is 0.691 bits per heavy atom. The molecule has 5 aromatic carbocycles. The summed E-state index contributed by atoms with van der Waals surface area (Å²) in [5.41, 5.74) is 7.99. The fourth-order valence-electron chi connectivity index (χ4n) is 6.80. The molecular weight excluding hydrogens is 1070 g/mol. The van der Waals surface area contributed by atoms with Crippen LogP contribution in [0.1, 0.15) is 135 Å². The molecule has 17 nitrogen and oxygen atoms in total. The van der Waals surface area contributed by atoms with Crippen LogP contribution in [-0.4, -0.2) is 104 Å². The van der Waals surface area contributed by atoms with E-state index in [1.165, 1.54) is 4.90 Å². The molecule has 3 radical (unpaired) electrons. The Labute approximate surface area is 490 Å². The zero-order valence-electron chi connectivity index (χ0n) is 43.7. The molecule has 81 heavy (non-hydrogen) atoms. The Bertz CT molecular complexity index is 3050. The van der Waals surface area contributed by atoms with Crippen molar-refractivity contribution >= 4 is 129 Å². The van der Waals surface area contributed by atoms with Crippen LogP contribution in [0.3, 0.4) is 0 Å². The molecule has 10 rings (SSSR count). The zero-order valence-corrected chi connectivity index (χ0v) is 45.2. The maximum Gasteiger partial charge on any atom is 0.299 e. The van der Waals surface area contributed by atoms with E-state index in [0.29, 0.717) is 61.7 Å². The molecule has 433 valence electrons. The molecule has 0 atom stereocenters. The summed E-state index contributed by atoms with van der Waals surface area (Å²) in [5.74, 6) is -3.65. The van der Waals surface area contributed by atoms with Gasteiger partial charge in [0.2, 0.25) is 10.5 Å². The van der Waals surface area contributed by atoms with Crippen molar-refractivity contribution in [2.24, 2.45) is 20.8 Å². The third kappa shape index (κ3) is 21.7. The van der Waals surface area contributed by atoms with E-state index in [1.54, 1.807) is 105 Å². The molecule has 5 heterocycles. The highest BCUT2D eigenvalue weighted by atomic mass is 35.5. The number of Topliss-reactive ketones (excluding diaryl/α,β-unsaturated/α-hetero) is 3. The van der Waals surface area contributed by atoms with Crippen molar-refractivity contribution in [3.63, 3.8) is 0 Å². The van der Waals surface area contributed by atoms with Crippen LogP contribution in [0.5, 0.6) is 0 Å². The minimum Gasteiger partial charge on any atom is -0.320 e. The number of hydrogen-bond donors (Lipinski definition) is 3. The number of hydrogen-bond acceptors (Lipinski definition) is 12. The fraction of sp³-hybridized carbons (Fsp3) is 0.311. The Hall–Kier alpha value is -8.22. The number of rotatable bonds is 4. The molecule has 5 aliphatic heterocycles. The van der Waals surface area contributed by atoms with E-state index in [2.05, 4.69) is 81.3 Å². The summed E-state index contributed by atoms with van der Waals surface area (Å²) in [6.45, 7) is 17.1. The molecule has 5 aliphatic rings. The van der Waals surface area contributed by atoms with E-state index in [9.17, 15) is 47.9 Å². The first-order chi connectivity index (χ1) is 35.2. The number of aliphatic imine (C=N–C) groups is 2. The average molecular weight is 1150 g/mol. The number of halogens is 2. The van der Waals surface area contributed by atoms with Crippen molar-refractivity contribution in [2.45, 2.75) is 92.5 Å². The van der Waals surface area contributed by atoms with E-state index in [0.717, 1.165) is 21.7 Å². The van der Waals surface area contributed by atoms with E-state index < -0.39 is 45.6 Å². The minimum absolute atomic E-state index is 0. The third-order valence-electron chi connectivity index (χ3n) is 9.69. The SMILES string of the molecule is C.C.C.C.C.CC(C)(C)C.CC(C)(C)C.CN=C1C(=O)N(CC(=O)Cl)c2ccccc21.CN=C1C(=O)Nc2ccccc21.O=C(Cl)CN1C(=O)C(=O)c2ccccc21.O=C1Nc2ccccc2C1=O.O=C1Nc2ccccc2C1=O.[B]. The second-order valence-corrected chi connectivity index (χ2v) is 20.5. The Morgan fingerprint density at radius 1 is 0.407 bits per heavy atom. The lowest BCUT2D eigenvalue weighted by molar-refractivity contribution is -0.116. The summed E-state index contributed by atoms with van der Waals surface area (Å²) in [5, 5.41) is 6.40. The van der Waals surface area contributed by atoms with Crippen LogP contribution in [0.15, 0.2) is 131 Å². The zero-order chi connectivity index (χ0) is 55.9. The predicted molar refractivity (Wildman–Crippen MR) is 332 cm³/mol.